The number of ether oxygens (including phenoxy) is 1. The molecule has 1 aliphatic rings. The van der Waals surface area contributed by atoms with E-state index in [1.54, 1.807) is 18.2 Å². The molecular weight excluding hydrogens is 540 g/mol. The van der Waals surface area contributed by atoms with Gasteiger partial charge in [0.2, 0.25) is 0 Å². The third kappa shape index (κ3) is 5.69. The summed E-state index contributed by atoms with van der Waals surface area (Å²) in [4.78, 5) is 14.9. The summed E-state index contributed by atoms with van der Waals surface area (Å²) in [7, 11) is 0. The molecule has 34 heavy (non-hydrogen) atoms. The molecule has 4 nitrogen and oxygen atoms in total. The van der Waals surface area contributed by atoms with Crippen LogP contribution < -0.4 is 9.64 Å². The van der Waals surface area contributed by atoms with Gasteiger partial charge in [0, 0.05) is 24.3 Å². The van der Waals surface area contributed by atoms with Gasteiger partial charge in [0.05, 0.1) is 15.1 Å². The van der Waals surface area contributed by atoms with Gasteiger partial charge in [0.25, 0.3) is 0 Å². The molecule has 0 N–H and O–H groups in total. The number of hydrogen-bond donors (Lipinski definition) is 0. The summed E-state index contributed by atoms with van der Waals surface area (Å²) in [5.41, 5.74) is 1.77. The molecule has 178 valence electrons. The molecule has 1 saturated heterocycles. The van der Waals surface area contributed by atoms with Gasteiger partial charge in [-0.15, -0.1) is 0 Å². The number of furan rings is 1. The zero-order valence-corrected chi connectivity index (χ0v) is 21.7. The number of halogens is 5. The van der Waals surface area contributed by atoms with Crippen molar-refractivity contribution < 1.29 is 13.9 Å². The molecule has 0 aliphatic carbocycles. The van der Waals surface area contributed by atoms with Crippen LogP contribution in [0.1, 0.15) is 41.1 Å². The summed E-state index contributed by atoms with van der Waals surface area (Å²) in [6, 6.07) is 11.2. The number of anilines is 1. The van der Waals surface area contributed by atoms with Crippen LogP contribution in [0, 0.1) is 0 Å². The zero-order valence-electron chi connectivity index (χ0n) is 17.9. The third-order valence-electron chi connectivity index (χ3n) is 5.48. The van der Waals surface area contributed by atoms with Crippen molar-refractivity contribution in [2.75, 3.05) is 18.0 Å². The van der Waals surface area contributed by atoms with E-state index in [1.165, 1.54) is 25.3 Å². The minimum atomic E-state index is -0.108. The fourth-order valence-corrected chi connectivity index (χ4v) is 4.89. The smallest absolute Gasteiger partial charge is 0.185 e. The van der Waals surface area contributed by atoms with Gasteiger partial charge in [-0.25, -0.2) is 0 Å². The maximum Gasteiger partial charge on any atom is 0.185 e. The molecule has 1 aromatic heterocycles. The Morgan fingerprint density at radius 3 is 2.12 bits per heavy atom. The first kappa shape index (κ1) is 25.3. The van der Waals surface area contributed by atoms with E-state index >= 15 is 0 Å². The van der Waals surface area contributed by atoms with Crippen LogP contribution in [0.4, 0.5) is 5.69 Å². The van der Waals surface area contributed by atoms with Gasteiger partial charge in [-0.3, -0.25) is 4.79 Å². The number of ketones is 1. The van der Waals surface area contributed by atoms with Crippen molar-refractivity contribution in [3.63, 3.8) is 0 Å². The molecule has 0 unspecified atom stereocenters. The van der Waals surface area contributed by atoms with E-state index in [4.69, 9.17) is 67.2 Å². The van der Waals surface area contributed by atoms with Crippen LogP contribution in [0.2, 0.25) is 25.1 Å². The van der Waals surface area contributed by atoms with Crippen LogP contribution >= 0.6 is 58.0 Å². The van der Waals surface area contributed by atoms with Crippen LogP contribution in [0.3, 0.4) is 0 Å². The molecule has 0 saturated carbocycles. The van der Waals surface area contributed by atoms with Gasteiger partial charge in [0.15, 0.2) is 11.5 Å². The molecule has 2 aromatic carbocycles. The Balaban J connectivity index is 1.37. The molecule has 1 aliphatic heterocycles. The summed E-state index contributed by atoms with van der Waals surface area (Å²) in [6.07, 6.45) is 6.79. The Bertz CT molecular complexity index is 1190. The fraction of sp³-hybridized carbons (Fsp3) is 0.240. The lowest BCUT2D eigenvalue weighted by molar-refractivity contribution is 0.104. The highest BCUT2D eigenvalue weighted by Gasteiger charge is 2.21. The number of rotatable bonds is 7. The van der Waals surface area contributed by atoms with Crippen LogP contribution in [0.15, 0.2) is 46.9 Å². The molecule has 2 heterocycles. The first-order valence-electron chi connectivity index (χ1n) is 10.7. The quantitative estimate of drug-likeness (QED) is 0.125. The second kappa shape index (κ2) is 11.3. The highest BCUT2D eigenvalue weighted by Crippen LogP contribution is 2.48. The Morgan fingerprint density at radius 2 is 1.47 bits per heavy atom. The van der Waals surface area contributed by atoms with Crippen LogP contribution in [-0.2, 0) is 6.61 Å². The van der Waals surface area contributed by atoms with Gasteiger partial charge in [-0.05, 0) is 67.8 Å². The molecule has 0 spiro atoms. The van der Waals surface area contributed by atoms with E-state index in [0.29, 0.717) is 17.1 Å². The Kier molecular flexibility index (Phi) is 8.39. The van der Waals surface area contributed by atoms with Crippen molar-refractivity contribution in [3.05, 3.63) is 84.7 Å². The second-order valence-electron chi connectivity index (χ2n) is 7.78. The number of nitrogens with zero attached hydrogens (tertiary/aromatic N) is 1. The van der Waals surface area contributed by atoms with Crippen molar-refractivity contribution in [2.45, 2.75) is 25.9 Å². The lowest BCUT2D eigenvalue weighted by Crippen LogP contribution is -2.29. The summed E-state index contributed by atoms with van der Waals surface area (Å²) in [5.74, 6) is 0.997. The molecule has 9 heteroatoms. The molecule has 0 atom stereocenters. The lowest BCUT2D eigenvalue weighted by Gasteiger charge is -2.28. The summed E-state index contributed by atoms with van der Waals surface area (Å²) < 4.78 is 11.4. The molecule has 0 radical (unpaired) electrons. The standard InChI is InChI=1S/C25H20Cl5NO3/c26-20-21(27)23(29)25(24(30)22(20)28)33-14-18-9-8-17(34-18)10-11-19(32)15-4-6-16(7-5-15)31-12-2-1-3-13-31/h4-11H,1-3,12-14H2/b11-10+. The maximum absolute atomic E-state index is 12.6. The van der Waals surface area contributed by atoms with E-state index in [0.717, 1.165) is 18.8 Å². The van der Waals surface area contributed by atoms with Crippen molar-refractivity contribution in [1.29, 1.82) is 0 Å². The van der Waals surface area contributed by atoms with Crippen molar-refractivity contribution >= 4 is 75.6 Å². The molecule has 3 aromatic rings. The molecule has 1 fully saturated rings. The Labute approximate surface area is 222 Å². The lowest BCUT2D eigenvalue weighted by atomic mass is 10.1. The average molecular weight is 560 g/mol. The van der Waals surface area contributed by atoms with Gasteiger partial charge >= 0.3 is 0 Å². The van der Waals surface area contributed by atoms with Crippen molar-refractivity contribution in [3.8, 4) is 5.75 Å². The number of benzene rings is 2. The predicted octanol–water partition coefficient (Wildman–Crippen LogP) is 9.01. The van der Waals surface area contributed by atoms with Crippen molar-refractivity contribution in [1.82, 2.24) is 0 Å². The third-order valence-corrected chi connectivity index (χ3v) is 7.72. The number of carbonyl (C=O) groups excluding carboxylic acids is 1. The van der Waals surface area contributed by atoms with Gasteiger partial charge in [-0.1, -0.05) is 58.0 Å². The Hall–Kier alpha value is -1.82. The monoisotopic (exact) mass is 557 g/mol. The van der Waals surface area contributed by atoms with E-state index in [1.807, 2.05) is 24.3 Å². The predicted molar refractivity (Wildman–Crippen MR) is 140 cm³/mol. The number of allylic oxidation sites excluding steroid dienone is 1. The van der Waals surface area contributed by atoms with Crippen molar-refractivity contribution in [2.24, 2.45) is 0 Å². The van der Waals surface area contributed by atoms with Gasteiger partial charge in [-0.2, -0.15) is 0 Å². The number of piperidine rings is 1. The zero-order chi connectivity index (χ0) is 24.2. The highest BCUT2D eigenvalue weighted by atomic mass is 35.5. The first-order valence-corrected chi connectivity index (χ1v) is 12.5. The van der Waals surface area contributed by atoms with E-state index in [9.17, 15) is 4.79 Å². The summed E-state index contributed by atoms with van der Waals surface area (Å²) >= 11 is 30.5. The number of hydrogen-bond acceptors (Lipinski definition) is 4. The summed E-state index contributed by atoms with van der Waals surface area (Å²) in [5, 5.41) is 0.285. The molecule has 4 rings (SSSR count). The second-order valence-corrected chi connectivity index (χ2v) is 9.67. The van der Waals surface area contributed by atoms with Crippen LogP contribution in [-0.4, -0.2) is 18.9 Å². The van der Waals surface area contributed by atoms with E-state index in [-0.39, 0.29) is 43.3 Å². The molecular formula is C25H20Cl5NO3. The van der Waals surface area contributed by atoms with Gasteiger partial charge in [0.1, 0.15) is 28.2 Å². The minimum absolute atomic E-state index is 0.0213. The average Bonchev–Trinajstić information content (AvgIpc) is 3.33. The topological polar surface area (TPSA) is 42.7 Å². The van der Waals surface area contributed by atoms with E-state index in [2.05, 4.69) is 4.90 Å². The van der Waals surface area contributed by atoms with E-state index < -0.39 is 0 Å². The van der Waals surface area contributed by atoms with Crippen LogP contribution in [0.25, 0.3) is 6.08 Å². The Morgan fingerprint density at radius 1 is 0.853 bits per heavy atom. The highest BCUT2D eigenvalue weighted by molar-refractivity contribution is 6.55. The largest absolute Gasteiger partial charge is 0.482 e. The first-order chi connectivity index (χ1) is 16.3. The normalized spacial score (nSPS) is 14.1. The van der Waals surface area contributed by atoms with Crippen LogP contribution in [0.5, 0.6) is 5.75 Å². The maximum atomic E-state index is 12.6. The summed E-state index contributed by atoms with van der Waals surface area (Å²) in [6.45, 7) is 2.15. The fourth-order valence-electron chi connectivity index (χ4n) is 3.66. The minimum Gasteiger partial charge on any atom is -0.482 e. The molecule has 0 bridgehead atoms. The number of carbonyl (C=O) groups is 1. The van der Waals surface area contributed by atoms with Gasteiger partial charge < -0.3 is 14.1 Å². The molecule has 0 amide bonds. The SMILES string of the molecule is O=C(/C=C/c1ccc(COc2c(Cl)c(Cl)c(Cl)c(Cl)c2Cl)o1)c1ccc(N2CCCCC2)cc1.